The molecule has 4 heteroatoms. The summed E-state index contributed by atoms with van der Waals surface area (Å²) in [7, 11) is 0. The van der Waals surface area contributed by atoms with Crippen LogP contribution in [0.4, 0.5) is 0 Å². The Morgan fingerprint density at radius 3 is 2.74 bits per heavy atom. The number of fused-ring (bicyclic) bond motifs is 2. The van der Waals surface area contributed by atoms with Gasteiger partial charge in [-0.2, -0.15) is 0 Å². The summed E-state index contributed by atoms with van der Waals surface area (Å²) >= 11 is 7.25. The molecule has 92 valence electrons. The van der Waals surface area contributed by atoms with Crippen molar-refractivity contribution in [2.75, 3.05) is 0 Å². The topological polar surface area (TPSA) is 37.3 Å². The lowest BCUT2D eigenvalue weighted by Crippen LogP contribution is -1.86. The maximum atomic E-state index is 12.0. The van der Waals surface area contributed by atoms with Crippen molar-refractivity contribution in [2.45, 2.75) is 4.90 Å². The van der Waals surface area contributed by atoms with Crippen LogP contribution in [0.1, 0.15) is 10.4 Å². The summed E-state index contributed by atoms with van der Waals surface area (Å²) in [6.45, 7) is 0. The molecule has 3 aromatic carbocycles. The minimum Gasteiger partial charge on any atom is -0.507 e. The number of phenolic OH excluding ortho intramolecular Hbond substituents is 1. The van der Waals surface area contributed by atoms with E-state index in [4.69, 9.17) is 11.6 Å². The SMILES string of the molecule is O=C1Sc2c3cc(Cl)ccc3cc3c(O)ccc1c23. The van der Waals surface area contributed by atoms with Gasteiger partial charge in [0.2, 0.25) is 5.12 Å². The normalized spacial score (nSPS) is 13.6. The first-order valence-electron chi connectivity index (χ1n) is 5.75. The van der Waals surface area contributed by atoms with E-state index in [1.54, 1.807) is 12.1 Å². The fourth-order valence-corrected chi connectivity index (χ4v) is 3.81. The number of hydrogen-bond acceptors (Lipinski definition) is 3. The van der Waals surface area contributed by atoms with Crippen LogP contribution in [0.2, 0.25) is 5.02 Å². The van der Waals surface area contributed by atoms with Crippen molar-refractivity contribution in [1.29, 1.82) is 0 Å². The number of benzene rings is 3. The molecule has 0 aromatic heterocycles. The van der Waals surface area contributed by atoms with Crippen molar-refractivity contribution in [3.05, 3.63) is 47.0 Å². The number of halogens is 1. The maximum Gasteiger partial charge on any atom is 0.224 e. The predicted molar refractivity (Wildman–Crippen MR) is 78.3 cm³/mol. The van der Waals surface area contributed by atoms with Gasteiger partial charge in [0.05, 0.1) is 0 Å². The highest BCUT2D eigenvalue weighted by Gasteiger charge is 2.26. The highest BCUT2D eigenvalue weighted by Crippen LogP contribution is 2.47. The molecule has 0 saturated heterocycles. The van der Waals surface area contributed by atoms with Crippen LogP contribution in [0.5, 0.6) is 5.75 Å². The number of carbonyl (C=O) groups is 1. The summed E-state index contributed by atoms with van der Waals surface area (Å²) in [5.74, 6) is 0.201. The van der Waals surface area contributed by atoms with Gasteiger partial charge in [-0.15, -0.1) is 0 Å². The van der Waals surface area contributed by atoms with Crippen molar-refractivity contribution in [2.24, 2.45) is 0 Å². The van der Waals surface area contributed by atoms with Gasteiger partial charge < -0.3 is 5.11 Å². The molecule has 1 N–H and O–H groups in total. The number of thioether (sulfide) groups is 1. The first-order chi connectivity index (χ1) is 9.15. The van der Waals surface area contributed by atoms with E-state index in [9.17, 15) is 9.90 Å². The molecule has 0 aliphatic carbocycles. The quantitative estimate of drug-likeness (QED) is 0.614. The zero-order valence-corrected chi connectivity index (χ0v) is 11.2. The van der Waals surface area contributed by atoms with Crippen molar-refractivity contribution in [3.63, 3.8) is 0 Å². The van der Waals surface area contributed by atoms with Crippen LogP contribution in [0.15, 0.2) is 41.3 Å². The molecular weight excluding hydrogens is 280 g/mol. The van der Waals surface area contributed by atoms with Gasteiger partial charge in [-0.05, 0) is 52.9 Å². The second-order valence-corrected chi connectivity index (χ2v) is 5.94. The predicted octanol–water partition coefficient (Wildman–Crippen LogP) is 4.60. The summed E-state index contributed by atoms with van der Waals surface area (Å²) in [5.41, 5.74) is 0.662. The number of carbonyl (C=O) groups excluding carboxylic acids is 1. The number of phenols is 1. The lowest BCUT2D eigenvalue weighted by atomic mass is 9.99. The Labute approximate surface area is 118 Å². The molecule has 1 aliphatic heterocycles. The van der Waals surface area contributed by atoms with E-state index in [0.29, 0.717) is 10.6 Å². The fraction of sp³-hybridized carbons (Fsp3) is 0. The van der Waals surface area contributed by atoms with Crippen LogP contribution in [0, 0.1) is 0 Å². The van der Waals surface area contributed by atoms with E-state index in [-0.39, 0.29) is 10.9 Å². The molecule has 4 rings (SSSR count). The molecule has 0 saturated carbocycles. The van der Waals surface area contributed by atoms with Crippen molar-refractivity contribution in [3.8, 4) is 5.75 Å². The summed E-state index contributed by atoms with van der Waals surface area (Å²) in [6, 6.07) is 10.7. The lowest BCUT2D eigenvalue weighted by molar-refractivity contribution is 0.109. The van der Waals surface area contributed by atoms with Gasteiger partial charge >= 0.3 is 0 Å². The Bertz CT molecular complexity index is 886. The van der Waals surface area contributed by atoms with Crippen LogP contribution >= 0.6 is 23.4 Å². The van der Waals surface area contributed by atoms with Gasteiger partial charge in [0.25, 0.3) is 0 Å². The average molecular weight is 287 g/mol. The molecule has 0 unspecified atom stereocenters. The van der Waals surface area contributed by atoms with Crippen molar-refractivity contribution < 1.29 is 9.90 Å². The van der Waals surface area contributed by atoms with Crippen LogP contribution < -0.4 is 0 Å². The zero-order chi connectivity index (χ0) is 13.1. The largest absolute Gasteiger partial charge is 0.507 e. The van der Waals surface area contributed by atoms with Gasteiger partial charge in [-0.25, -0.2) is 0 Å². The minimum atomic E-state index is 0.0208. The van der Waals surface area contributed by atoms with Gasteiger partial charge in [-0.1, -0.05) is 17.7 Å². The second-order valence-electron chi connectivity index (χ2n) is 4.52. The highest BCUT2D eigenvalue weighted by atomic mass is 35.5. The van der Waals surface area contributed by atoms with E-state index >= 15 is 0 Å². The molecule has 0 spiro atoms. The molecule has 0 radical (unpaired) electrons. The third kappa shape index (κ3) is 1.43. The van der Waals surface area contributed by atoms with Crippen molar-refractivity contribution >= 4 is 50.0 Å². The molecule has 0 bridgehead atoms. The molecule has 0 amide bonds. The Morgan fingerprint density at radius 1 is 1.05 bits per heavy atom. The second kappa shape index (κ2) is 3.65. The average Bonchev–Trinajstić information content (AvgIpc) is 2.72. The fourth-order valence-electron chi connectivity index (χ4n) is 2.56. The van der Waals surface area contributed by atoms with Gasteiger partial charge in [0.15, 0.2) is 0 Å². The molecule has 3 aromatic rings. The van der Waals surface area contributed by atoms with E-state index < -0.39 is 0 Å². The minimum absolute atomic E-state index is 0.0208. The van der Waals surface area contributed by atoms with Gasteiger partial charge in [0.1, 0.15) is 5.75 Å². The lowest BCUT2D eigenvalue weighted by Gasteiger charge is -2.07. The van der Waals surface area contributed by atoms with E-state index in [0.717, 1.165) is 26.4 Å². The van der Waals surface area contributed by atoms with Crippen LogP contribution in [0.25, 0.3) is 21.5 Å². The summed E-state index contributed by atoms with van der Waals surface area (Å²) in [6.07, 6.45) is 0. The van der Waals surface area contributed by atoms with E-state index in [2.05, 4.69) is 0 Å². The standard InChI is InChI=1S/C15H7ClO2S/c16-8-2-1-7-5-11-12(17)4-3-9-13(11)14(10(7)6-8)19-15(9)18/h1-6,17H. The summed E-state index contributed by atoms with van der Waals surface area (Å²) < 4.78 is 0. The van der Waals surface area contributed by atoms with Crippen molar-refractivity contribution in [1.82, 2.24) is 0 Å². The molecule has 19 heavy (non-hydrogen) atoms. The summed E-state index contributed by atoms with van der Waals surface area (Å²) in [4.78, 5) is 12.9. The zero-order valence-electron chi connectivity index (χ0n) is 9.61. The molecule has 1 heterocycles. The Hall–Kier alpha value is -1.71. The maximum absolute atomic E-state index is 12.0. The van der Waals surface area contributed by atoms with E-state index in [1.807, 2.05) is 24.3 Å². The Balaban J connectivity index is 2.31. The summed E-state index contributed by atoms with van der Waals surface area (Å²) in [5, 5.41) is 14.2. The van der Waals surface area contributed by atoms with Crippen LogP contribution in [-0.4, -0.2) is 10.2 Å². The van der Waals surface area contributed by atoms with Crippen LogP contribution in [-0.2, 0) is 0 Å². The molecule has 0 fully saturated rings. The third-order valence-electron chi connectivity index (χ3n) is 3.42. The molecule has 1 aliphatic rings. The Kier molecular flexibility index (Phi) is 2.14. The first kappa shape index (κ1) is 11.1. The molecule has 0 atom stereocenters. The number of rotatable bonds is 0. The molecule has 2 nitrogen and oxygen atoms in total. The van der Waals surface area contributed by atoms with Gasteiger partial charge in [0, 0.05) is 26.3 Å². The number of aromatic hydroxyl groups is 1. The van der Waals surface area contributed by atoms with Crippen LogP contribution in [0.3, 0.4) is 0 Å². The Morgan fingerprint density at radius 2 is 1.89 bits per heavy atom. The first-order valence-corrected chi connectivity index (χ1v) is 6.95. The van der Waals surface area contributed by atoms with E-state index in [1.165, 1.54) is 11.8 Å². The molecular formula is C15H7ClO2S. The van der Waals surface area contributed by atoms with Gasteiger partial charge in [-0.3, -0.25) is 4.79 Å². The third-order valence-corrected chi connectivity index (χ3v) is 4.69. The number of hydrogen-bond donors (Lipinski definition) is 1. The smallest absolute Gasteiger partial charge is 0.224 e. The highest BCUT2D eigenvalue weighted by molar-refractivity contribution is 8.15. The monoisotopic (exact) mass is 286 g/mol.